The van der Waals surface area contributed by atoms with Crippen molar-refractivity contribution in [3.63, 3.8) is 0 Å². The van der Waals surface area contributed by atoms with Gasteiger partial charge in [-0.1, -0.05) is 18.2 Å². The summed E-state index contributed by atoms with van der Waals surface area (Å²) in [6.07, 6.45) is 7.35. The lowest BCUT2D eigenvalue weighted by atomic mass is 9.94. The third-order valence-corrected chi connectivity index (χ3v) is 5.44. The van der Waals surface area contributed by atoms with E-state index in [0.29, 0.717) is 6.42 Å². The van der Waals surface area contributed by atoms with Gasteiger partial charge >= 0.3 is 0 Å². The summed E-state index contributed by atoms with van der Waals surface area (Å²) in [5, 5.41) is 0. The molecule has 0 spiro atoms. The molecular formula is C22H25N3O2. The van der Waals surface area contributed by atoms with Gasteiger partial charge in [0.2, 0.25) is 5.91 Å². The highest BCUT2D eigenvalue weighted by atomic mass is 16.5. The molecule has 1 atom stereocenters. The number of rotatable bonds is 4. The van der Waals surface area contributed by atoms with Crippen molar-refractivity contribution >= 4 is 11.6 Å². The lowest BCUT2D eigenvalue weighted by Crippen LogP contribution is -2.39. The van der Waals surface area contributed by atoms with Gasteiger partial charge in [-0.3, -0.25) is 4.79 Å². The van der Waals surface area contributed by atoms with E-state index in [1.165, 1.54) is 0 Å². The summed E-state index contributed by atoms with van der Waals surface area (Å²) < 4.78 is 7.40. The fourth-order valence-electron chi connectivity index (χ4n) is 4.01. The van der Waals surface area contributed by atoms with E-state index in [4.69, 9.17) is 4.74 Å². The molecule has 1 aliphatic heterocycles. The minimum atomic E-state index is 0.113. The topological polar surface area (TPSA) is 46.8 Å². The van der Waals surface area contributed by atoms with Crippen molar-refractivity contribution in [1.29, 1.82) is 0 Å². The number of aromatic nitrogens is 2. The summed E-state index contributed by atoms with van der Waals surface area (Å²) in [6, 6.07) is 12.2. The first-order chi connectivity index (χ1) is 13.2. The van der Waals surface area contributed by atoms with Crippen LogP contribution < -0.4 is 4.74 Å². The Bertz CT molecular complexity index is 963. The van der Waals surface area contributed by atoms with Crippen LogP contribution in [0.15, 0.2) is 48.8 Å². The van der Waals surface area contributed by atoms with Crippen molar-refractivity contribution in [3.8, 4) is 5.75 Å². The van der Waals surface area contributed by atoms with Crippen LogP contribution in [-0.2, 0) is 11.2 Å². The highest BCUT2D eigenvalue weighted by molar-refractivity contribution is 5.79. The Morgan fingerprint density at radius 3 is 3.00 bits per heavy atom. The molecule has 1 aromatic carbocycles. The van der Waals surface area contributed by atoms with Gasteiger partial charge in [-0.25, -0.2) is 4.98 Å². The summed E-state index contributed by atoms with van der Waals surface area (Å²) in [5.74, 6) is 0.994. The molecule has 1 aliphatic rings. The molecule has 0 bridgehead atoms. The van der Waals surface area contributed by atoms with Gasteiger partial charge in [-0.05, 0) is 55.5 Å². The number of nitrogens with zero attached hydrogens (tertiary/aromatic N) is 3. The zero-order valence-electron chi connectivity index (χ0n) is 15.9. The smallest absolute Gasteiger partial charge is 0.229 e. The number of amides is 1. The summed E-state index contributed by atoms with van der Waals surface area (Å²) in [7, 11) is 1.68. The zero-order valence-corrected chi connectivity index (χ0v) is 15.9. The molecular weight excluding hydrogens is 338 g/mol. The number of carbonyl (C=O) groups is 1. The van der Waals surface area contributed by atoms with Crippen molar-refractivity contribution in [3.05, 3.63) is 65.6 Å². The maximum absolute atomic E-state index is 13.2. The molecule has 5 heteroatoms. The number of ether oxygens (including phenoxy) is 1. The van der Waals surface area contributed by atoms with Crippen LogP contribution in [-0.4, -0.2) is 33.8 Å². The third kappa shape index (κ3) is 3.42. The second-order valence-electron chi connectivity index (χ2n) is 7.19. The van der Waals surface area contributed by atoms with Gasteiger partial charge in [0.15, 0.2) is 0 Å². The lowest BCUT2D eigenvalue weighted by molar-refractivity contribution is -0.134. The number of likely N-dealkylation sites (tertiary alicyclic amines) is 1. The van der Waals surface area contributed by atoms with E-state index in [1.54, 1.807) is 7.11 Å². The number of methoxy groups -OCH3 is 1. The zero-order chi connectivity index (χ0) is 18.8. The average Bonchev–Trinajstić information content (AvgIpc) is 3.12. The van der Waals surface area contributed by atoms with E-state index in [9.17, 15) is 4.79 Å². The number of hydrogen-bond acceptors (Lipinski definition) is 3. The number of benzene rings is 1. The fraction of sp³-hybridized carbons (Fsp3) is 0.364. The molecule has 27 heavy (non-hydrogen) atoms. The number of fused-ring (bicyclic) bond motifs is 1. The Morgan fingerprint density at radius 2 is 2.15 bits per heavy atom. The van der Waals surface area contributed by atoms with Gasteiger partial charge in [0.1, 0.15) is 11.4 Å². The minimum Gasteiger partial charge on any atom is -0.497 e. The van der Waals surface area contributed by atoms with Crippen LogP contribution in [0.2, 0.25) is 0 Å². The van der Waals surface area contributed by atoms with E-state index in [1.807, 2.05) is 58.9 Å². The summed E-state index contributed by atoms with van der Waals surface area (Å²) in [5.41, 5.74) is 4.12. The van der Waals surface area contributed by atoms with E-state index >= 15 is 0 Å². The molecule has 4 rings (SSSR count). The maximum Gasteiger partial charge on any atom is 0.229 e. The average molecular weight is 363 g/mol. The first-order valence-electron chi connectivity index (χ1n) is 9.52. The van der Waals surface area contributed by atoms with Crippen LogP contribution in [0.25, 0.3) is 5.65 Å². The predicted molar refractivity (Wildman–Crippen MR) is 105 cm³/mol. The van der Waals surface area contributed by atoms with Crippen molar-refractivity contribution in [1.82, 2.24) is 14.3 Å². The fourth-order valence-corrected chi connectivity index (χ4v) is 4.01. The van der Waals surface area contributed by atoms with Crippen LogP contribution in [0.4, 0.5) is 0 Å². The number of aryl methyl sites for hydroxylation is 1. The van der Waals surface area contributed by atoms with Crippen LogP contribution in [0.5, 0.6) is 5.75 Å². The normalized spacial score (nSPS) is 17.3. The SMILES string of the molecule is COc1cccc(C2CCCCN2C(=O)Cc2cnc3c(C)cccn23)c1. The molecule has 1 saturated heterocycles. The van der Waals surface area contributed by atoms with Crippen LogP contribution in [0, 0.1) is 6.92 Å². The monoisotopic (exact) mass is 363 g/mol. The van der Waals surface area contributed by atoms with E-state index < -0.39 is 0 Å². The predicted octanol–water partition coefficient (Wildman–Crippen LogP) is 3.95. The van der Waals surface area contributed by atoms with E-state index in [2.05, 4.69) is 11.1 Å². The first-order valence-corrected chi connectivity index (χ1v) is 9.52. The van der Waals surface area contributed by atoms with E-state index in [-0.39, 0.29) is 11.9 Å². The molecule has 3 heterocycles. The standard InChI is InChI=1S/C22H25N3O2/c1-16-7-6-12-24-18(15-23-22(16)24)14-21(26)25-11-4-3-10-20(25)17-8-5-9-19(13-17)27-2/h5-9,12-13,15,20H,3-4,10-11,14H2,1-2H3. The van der Waals surface area contributed by atoms with Gasteiger partial charge in [-0.2, -0.15) is 0 Å². The summed E-state index contributed by atoms with van der Waals surface area (Å²) in [6.45, 7) is 2.84. The Kier molecular flexibility index (Phi) is 4.84. The molecule has 3 aromatic rings. The second-order valence-corrected chi connectivity index (χ2v) is 7.19. The number of imidazole rings is 1. The second kappa shape index (κ2) is 7.43. The van der Waals surface area contributed by atoms with Crippen LogP contribution in [0.3, 0.4) is 0 Å². The van der Waals surface area contributed by atoms with Crippen LogP contribution in [0.1, 0.15) is 42.1 Å². The number of hydrogen-bond donors (Lipinski definition) is 0. The lowest BCUT2D eigenvalue weighted by Gasteiger charge is -2.36. The molecule has 0 N–H and O–H groups in total. The summed E-state index contributed by atoms with van der Waals surface area (Å²) in [4.78, 5) is 19.7. The van der Waals surface area contributed by atoms with Crippen molar-refractivity contribution in [2.45, 2.75) is 38.6 Å². The Hall–Kier alpha value is -2.82. The number of pyridine rings is 1. The first kappa shape index (κ1) is 17.6. The molecule has 1 unspecified atom stereocenters. The largest absolute Gasteiger partial charge is 0.497 e. The molecule has 0 radical (unpaired) electrons. The Labute approximate surface area is 159 Å². The van der Waals surface area contributed by atoms with Crippen molar-refractivity contribution in [2.24, 2.45) is 0 Å². The molecule has 0 saturated carbocycles. The molecule has 1 amide bonds. The molecule has 5 nitrogen and oxygen atoms in total. The Morgan fingerprint density at radius 1 is 1.26 bits per heavy atom. The van der Waals surface area contributed by atoms with Gasteiger partial charge in [0, 0.05) is 18.9 Å². The number of piperidine rings is 1. The highest BCUT2D eigenvalue weighted by Gasteiger charge is 2.28. The van der Waals surface area contributed by atoms with Gasteiger partial charge in [0.25, 0.3) is 0 Å². The molecule has 140 valence electrons. The van der Waals surface area contributed by atoms with Gasteiger partial charge < -0.3 is 14.0 Å². The Balaban J connectivity index is 1.59. The third-order valence-electron chi connectivity index (χ3n) is 5.44. The van der Waals surface area contributed by atoms with Crippen LogP contribution >= 0.6 is 0 Å². The van der Waals surface area contributed by atoms with Gasteiger partial charge in [-0.15, -0.1) is 0 Å². The highest BCUT2D eigenvalue weighted by Crippen LogP contribution is 2.33. The van der Waals surface area contributed by atoms with Crippen molar-refractivity contribution in [2.75, 3.05) is 13.7 Å². The molecule has 0 aliphatic carbocycles. The molecule has 2 aromatic heterocycles. The van der Waals surface area contributed by atoms with Crippen molar-refractivity contribution < 1.29 is 9.53 Å². The summed E-state index contributed by atoms with van der Waals surface area (Å²) >= 11 is 0. The molecule has 1 fully saturated rings. The quantitative estimate of drug-likeness (QED) is 0.705. The van der Waals surface area contributed by atoms with Gasteiger partial charge in [0.05, 0.1) is 25.3 Å². The van der Waals surface area contributed by atoms with E-state index in [0.717, 1.165) is 54.0 Å². The minimum absolute atomic E-state index is 0.113. The number of carbonyl (C=O) groups excluding carboxylic acids is 1. The maximum atomic E-state index is 13.2.